The first-order valence-corrected chi connectivity index (χ1v) is 9.83. The molecule has 0 spiro atoms. The molecule has 0 fully saturated rings. The van der Waals surface area contributed by atoms with Gasteiger partial charge in [-0.25, -0.2) is 14.4 Å². The quantitative estimate of drug-likeness (QED) is 0.564. The van der Waals surface area contributed by atoms with Gasteiger partial charge in [-0.15, -0.1) is 0 Å². The number of ether oxygens (including phenoxy) is 2. The van der Waals surface area contributed by atoms with Gasteiger partial charge < -0.3 is 14.8 Å². The molecule has 5 heterocycles. The summed E-state index contributed by atoms with van der Waals surface area (Å²) in [5.41, 5.74) is 6.10. The van der Waals surface area contributed by atoms with Gasteiger partial charge in [0.05, 0.1) is 36.7 Å². The molecule has 150 valence electrons. The van der Waals surface area contributed by atoms with E-state index in [-0.39, 0.29) is 5.82 Å². The van der Waals surface area contributed by atoms with Crippen LogP contribution in [0.2, 0.25) is 0 Å². The largest absolute Gasteiger partial charge is 0.493 e. The maximum absolute atomic E-state index is 14.5. The highest BCUT2D eigenvalue weighted by atomic mass is 19.1. The second-order valence-electron chi connectivity index (χ2n) is 7.35. The van der Waals surface area contributed by atoms with Gasteiger partial charge in [-0.2, -0.15) is 0 Å². The van der Waals surface area contributed by atoms with Crippen molar-refractivity contribution in [3.05, 3.63) is 71.3 Å². The molecule has 2 aliphatic rings. The van der Waals surface area contributed by atoms with Crippen LogP contribution in [0.1, 0.15) is 22.5 Å². The van der Waals surface area contributed by atoms with E-state index < -0.39 is 0 Å². The fourth-order valence-corrected chi connectivity index (χ4v) is 4.23. The van der Waals surface area contributed by atoms with Crippen LogP contribution < -0.4 is 10.1 Å². The Morgan fingerprint density at radius 1 is 1.07 bits per heavy atom. The average Bonchev–Trinajstić information content (AvgIpc) is 3.40. The van der Waals surface area contributed by atoms with E-state index in [0.29, 0.717) is 44.3 Å². The van der Waals surface area contributed by atoms with Crippen LogP contribution in [0.5, 0.6) is 5.75 Å². The molecule has 4 aromatic rings. The van der Waals surface area contributed by atoms with Crippen molar-refractivity contribution in [2.24, 2.45) is 0 Å². The minimum absolute atomic E-state index is 0.242. The summed E-state index contributed by atoms with van der Waals surface area (Å²) in [6, 6.07) is 7.06. The number of fused-ring (bicyclic) bond motifs is 3. The highest BCUT2D eigenvalue weighted by molar-refractivity contribution is 5.84. The van der Waals surface area contributed by atoms with Crippen molar-refractivity contribution in [1.29, 1.82) is 0 Å². The first-order valence-electron chi connectivity index (χ1n) is 9.83. The molecular weight excluding hydrogens is 385 g/mol. The number of pyridine rings is 1. The van der Waals surface area contributed by atoms with Crippen molar-refractivity contribution in [2.45, 2.75) is 26.2 Å². The Morgan fingerprint density at radius 2 is 2.00 bits per heavy atom. The summed E-state index contributed by atoms with van der Waals surface area (Å²) in [6.07, 6.45) is 6.02. The van der Waals surface area contributed by atoms with Crippen molar-refractivity contribution < 1.29 is 13.9 Å². The SMILES string of the molecule is Fc1ccc2c(c1CNc1ncc3c4c(ncn14)COCc1ncccc1-3)CCO2. The van der Waals surface area contributed by atoms with Gasteiger partial charge in [-0.3, -0.25) is 9.38 Å². The van der Waals surface area contributed by atoms with Gasteiger partial charge in [0.2, 0.25) is 5.95 Å². The summed E-state index contributed by atoms with van der Waals surface area (Å²) >= 11 is 0. The molecule has 7 nitrogen and oxygen atoms in total. The first kappa shape index (κ1) is 17.3. The molecule has 0 radical (unpaired) electrons. The van der Waals surface area contributed by atoms with Crippen molar-refractivity contribution >= 4 is 11.5 Å². The number of nitrogens with one attached hydrogen (secondary N) is 1. The van der Waals surface area contributed by atoms with E-state index in [1.165, 1.54) is 6.07 Å². The standard InChI is InChI=1S/C22H18FN5O2/c23-17-3-4-20-14(5-7-30-20)15(17)8-25-22-26-9-16-13-2-1-6-24-18(13)10-29-11-19-21(16)28(22)12-27-19/h1-4,6,9,12H,5,7-8,10-11H2,(H,25,26). The summed E-state index contributed by atoms with van der Waals surface area (Å²) < 4.78 is 27.8. The third-order valence-corrected chi connectivity index (χ3v) is 5.66. The molecule has 1 N–H and O–H groups in total. The number of halogens is 1. The minimum atomic E-state index is -0.242. The summed E-state index contributed by atoms with van der Waals surface area (Å²) in [5.74, 6) is 1.11. The Morgan fingerprint density at radius 3 is 2.97 bits per heavy atom. The Labute approximate surface area is 171 Å². The van der Waals surface area contributed by atoms with Crippen LogP contribution in [0.4, 0.5) is 10.3 Å². The van der Waals surface area contributed by atoms with E-state index in [4.69, 9.17) is 9.47 Å². The van der Waals surface area contributed by atoms with E-state index in [1.54, 1.807) is 18.6 Å². The molecule has 0 atom stereocenters. The van der Waals surface area contributed by atoms with Crippen molar-refractivity contribution in [2.75, 3.05) is 11.9 Å². The predicted octanol–water partition coefficient (Wildman–Crippen LogP) is 3.51. The fraction of sp³-hybridized carbons (Fsp3) is 0.227. The number of hydrogen-bond donors (Lipinski definition) is 1. The van der Waals surface area contributed by atoms with E-state index in [9.17, 15) is 4.39 Å². The lowest BCUT2D eigenvalue weighted by Gasteiger charge is -2.16. The number of rotatable bonds is 3. The molecule has 3 aromatic heterocycles. The molecule has 0 aliphatic carbocycles. The van der Waals surface area contributed by atoms with Gasteiger partial charge in [0, 0.05) is 47.6 Å². The van der Waals surface area contributed by atoms with Gasteiger partial charge in [-0.05, 0) is 18.2 Å². The normalized spacial score (nSPS) is 14.6. The third-order valence-electron chi connectivity index (χ3n) is 5.66. The van der Waals surface area contributed by atoms with Gasteiger partial charge in [0.15, 0.2) is 0 Å². The van der Waals surface area contributed by atoms with Crippen LogP contribution in [-0.4, -0.2) is 26.0 Å². The average molecular weight is 403 g/mol. The maximum atomic E-state index is 14.5. The molecule has 8 heteroatoms. The molecule has 0 saturated carbocycles. The van der Waals surface area contributed by atoms with E-state index >= 15 is 0 Å². The maximum Gasteiger partial charge on any atom is 0.208 e. The van der Waals surface area contributed by atoms with Crippen molar-refractivity contribution in [3.8, 4) is 16.9 Å². The van der Waals surface area contributed by atoms with Crippen LogP contribution in [-0.2, 0) is 30.9 Å². The molecule has 2 aliphatic heterocycles. The predicted molar refractivity (Wildman–Crippen MR) is 108 cm³/mol. The number of anilines is 1. The fourth-order valence-electron chi connectivity index (χ4n) is 4.23. The molecule has 1 aromatic carbocycles. The number of nitrogens with zero attached hydrogens (tertiary/aromatic N) is 4. The zero-order valence-corrected chi connectivity index (χ0v) is 16.1. The zero-order valence-electron chi connectivity index (χ0n) is 16.1. The number of imidazole rings is 1. The van der Waals surface area contributed by atoms with Gasteiger partial charge >= 0.3 is 0 Å². The molecular formula is C22H18FN5O2. The smallest absolute Gasteiger partial charge is 0.208 e. The van der Waals surface area contributed by atoms with Gasteiger partial charge in [-0.1, -0.05) is 6.07 Å². The third kappa shape index (κ3) is 2.64. The summed E-state index contributed by atoms with van der Waals surface area (Å²) in [7, 11) is 0. The van der Waals surface area contributed by atoms with E-state index in [0.717, 1.165) is 39.3 Å². The van der Waals surface area contributed by atoms with Gasteiger partial charge in [0.25, 0.3) is 0 Å². The van der Waals surface area contributed by atoms with Crippen LogP contribution in [0.25, 0.3) is 16.6 Å². The number of hydrogen-bond acceptors (Lipinski definition) is 6. The Kier molecular flexibility index (Phi) is 3.92. The van der Waals surface area contributed by atoms with E-state index in [1.807, 2.05) is 22.7 Å². The monoisotopic (exact) mass is 403 g/mol. The lowest BCUT2D eigenvalue weighted by atomic mass is 10.0. The second kappa shape index (κ2) is 6.77. The van der Waals surface area contributed by atoms with Crippen molar-refractivity contribution in [3.63, 3.8) is 0 Å². The Bertz CT molecular complexity index is 1290. The highest BCUT2D eigenvalue weighted by Gasteiger charge is 2.22. The molecule has 0 amide bonds. The number of aromatic nitrogens is 4. The minimum Gasteiger partial charge on any atom is -0.493 e. The Balaban J connectivity index is 1.42. The second-order valence-corrected chi connectivity index (χ2v) is 7.35. The van der Waals surface area contributed by atoms with Crippen molar-refractivity contribution in [1.82, 2.24) is 19.4 Å². The van der Waals surface area contributed by atoms with Crippen LogP contribution in [0, 0.1) is 5.82 Å². The molecule has 6 rings (SSSR count). The summed E-state index contributed by atoms with van der Waals surface area (Å²) in [4.78, 5) is 13.6. The molecule has 0 bridgehead atoms. The summed E-state index contributed by atoms with van der Waals surface area (Å²) in [5, 5.41) is 3.28. The summed E-state index contributed by atoms with van der Waals surface area (Å²) in [6.45, 7) is 1.71. The first-order chi connectivity index (χ1) is 14.8. The van der Waals surface area contributed by atoms with E-state index in [2.05, 4.69) is 20.3 Å². The lowest BCUT2D eigenvalue weighted by Crippen LogP contribution is -2.11. The zero-order chi connectivity index (χ0) is 20.1. The lowest BCUT2D eigenvalue weighted by molar-refractivity contribution is 0.103. The number of benzene rings is 1. The van der Waals surface area contributed by atoms with Crippen LogP contribution in [0.3, 0.4) is 0 Å². The highest BCUT2D eigenvalue weighted by Crippen LogP contribution is 2.33. The topological polar surface area (TPSA) is 73.6 Å². The van der Waals surface area contributed by atoms with Crippen LogP contribution in [0.15, 0.2) is 43.0 Å². The Hall–Kier alpha value is -3.52. The van der Waals surface area contributed by atoms with Gasteiger partial charge in [0.1, 0.15) is 17.9 Å². The molecule has 30 heavy (non-hydrogen) atoms. The van der Waals surface area contributed by atoms with Crippen LogP contribution >= 0.6 is 0 Å². The molecule has 0 saturated heterocycles. The molecule has 0 unspecified atom stereocenters.